The van der Waals surface area contributed by atoms with Crippen molar-refractivity contribution in [2.75, 3.05) is 35.3 Å². The van der Waals surface area contributed by atoms with Crippen LogP contribution in [0.4, 0.5) is 17.2 Å². The number of carboxylic acid groups (broad SMARTS) is 1. The number of carboxylic acids is 1. The van der Waals surface area contributed by atoms with Gasteiger partial charge in [0.15, 0.2) is 0 Å². The SMILES string of the molecule is Cc1ccc([C@@H](CC(=O)O)c2ccc(N(N)CC3CC3)c(N)c2C)cc1CN1CC2CCCN2c2ncccc2S1=O. The second-order valence-corrected chi connectivity index (χ2v) is 13.5. The Balaban J connectivity index is 1.32. The average molecular weight is 589 g/mol. The normalized spacial score (nSPS) is 21.0. The number of carbonyl (C=O) groups is 1. The number of hydrazine groups is 1. The molecule has 1 aromatic heterocycles. The number of rotatable bonds is 9. The number of fused-ring (bicyclic) bond motifs is 3. The molecule has 3 heterocycles. The standard InChI is InChI=1S/C32H40N6O3S/c1-20-7-10-23(27(16-30(39)40)26-11-12-28(31(33)21(26)2)38(34)17-22-8-9-22)15-24(20)18-36-19-25-5-4-14-37(25)32-29(42(36)41)6-3-13-35-32/h3,6-7,10-13,15,22,25,27H,4-5,8-9,14,16-19,33-34H2,1-2H3,(H,39,40)/t25?,27-,42?/m1/s1. The molecule has 0 bridgehead atoms. The van der Waals surface area contributed by atoms with Gasteiger partial charge in [0.05, 0.1) is 22.7 Å². The first-order valence-corrected chi connectivity index (χ1v) is 15.9. The maximum Gasteiger partial charge on any atom is 0.304 e. The molecule has 3 aromatic rings. The topological polar surface area (TPSA) is 129 Å². The molecule has 2 aliphatic heterocycles. The number of pyridine rings is 1. The molecular weight excluding hydrogens is 548 g/mol. The lowest BCUT2D eigenvalue weighted by atomic mass is 9.84. The van der Waals surface area contributed by atoms with Crippen LogP contribution in [0.5, 0.6) is 0 Å². The zero-order valence-electron chi connectivity index (χ0n) is 24.3. The van der Waals surface area contributed by atoms with Gasteiger partial charge in [-0.1, -0.05) is 24.3 Å². The molecule has 3 atom stereocenters. The summed E-state index contributed by atoms with van der Waals surface area (Å²) in [7, 11) is -1.36. The van der Waals surface area contributed by atoms with Gasteiger partial charge in [-0.3, -0.25) is 4.79 Å². The third-order valence-electron chi connectivity index (χ3n) is 9.11. The van der Waals surface area contributed by atoms with Crippen molar-refractivity contribution in [3.8, 4) is 0 Å². The van der Waals surface area contributed by atoms with E-state index in [9.17, 15) is 14.1 Å². The van der Waals surface area contributed by atoms with Gasteiger partial charge in [-0.05, 0) is 91.5 Å². The Morgan fingerprint density at radius 1 is 1.19 bits per heavy atom. The van der Waals surface area contributed by atoms with E-state index in [-0.39, 0.29) is 12.5 Å². The molecule has 0 spiro atoms. The highest BCUT2D eigenvalue weighted by molar-refractivity contribution is 7.82. The quantitative estimate of drug-likeness (QED) is 0.190. The van der Waals surface area contributed by atoms with Crippen LogP contribution in [0.1, 0.15) is 65.8 Å². The Bertz CT molecular complexity index is 1530. The first kappa shape index (κ1) is 28.6. The largest absolute Gasteiger partial charge is 0.481 e. The average Bonchev–Trinajstić information content (AvgIpc) is 3.69. The van der Waals surface area contributed by atoms with Crippen molar-refractivity contribution in [2.24, 2.45) is 11.8 Å². The summed E-state index contributed by atoms with van der Waals surface area (Å²) in [5, 5.41) is 11.7. The van der Waals surface area contributed by atoms with E-state index in [1.165, 1.54) is 12.8 Å². The predicted molar refractivity (Wildman–Crippen MR) is 167 cm³/mol. The molecule has 10 heteroatoms. The van der Waals surface area contributed by atoms with Crippen LogP contribution >= 0.6 is 0 Å². The van der Waals surface area contributed by atoms with Crippen LogP contribution < -0.4 is 21.5 Å². The van der Waals surface area contributed by atoms with Crippen LogP contribution in [0.15, 0.2) is 53.6 Å². The summed E-state index contributed by atoms with van der Waals surface area (Å²) in [4.78, 5) is 19.8. The lowest BCUT2D eigenvalue weighted by Gasteiger charge is -2.27. The maximum atomic E-state index is 13.9. The zero-order chi connectivity index (χ0) is 29.5. The molecule has 0 radical (unpaired) electrons. The highest BCUT2D eigenvalue weighted by atomic mass is 32.2. The summed E-state index contributed by atoms with van der Waals surface area (Å²) >= 11 is 0. The molecule has 222 valence electrons. The van der Waals surface area contributed by atoms with E-state index in [1.54, 1.807) is 11.2 Å². The number of aliphatic carboxylic acids is 1. The van der Waals surface area contributed by atoms with Gasteiger partial charge >= 0.3 is 5.97 Å². The Morgan fingerprint density at radius 2 is 2.00 bits per heavy atom. The van der Waals surface area contributed by atoms with E-state index in [0.717, 1.165) is 70.1 Å². The summed E-state index contributed by atoms with van der Waals surface area (Å²) in [5.41, 5.74) is 12.7. The van der Waals surface area contributed by atoms with Crippen LogP contribution in [0.2, 0.25) is 0 Å². The Morgan fingerprint density at radius 3 is 2.76 bits per heavy atom. The Kier molecular flexibility index (Phi) is 7.95. The second-order valence-electron chi connectivity index (χ2n) is 12.0. The van der Waals surface area contributed by atoms with Crippen molar-refractivity contribution in [2.45, 2.75) is 69.4 Å². The van der Waals surface area contributed by atoms with Gasteiger partial charge in [0.2, 0.25) is 0 Å². The fraction of sp³-hybridized carbons (Fsp3) is 0.438. The lowest BCUT2D eigenvalue weighted by Crippen LogP contribution is -2.38. The number of aromatic nitrogens is 1. The van der Waals surface area contributed by atoms with Gasteiger partial charge in [0, 0.05) is 44.3 Å². The minimum atomic E-state index is -1.36. The van der Waals surface area contributed by atoms with Gasteiger partial charge in [-0.15, -0.1) is 0 Å². The highest BCUT2D eigenvalue weighted by Crippen LogP contribution is 2.39. The van der Waals surface area contributed by atoms with Crippen molar-refractivity contribution in [3.05, 3.63) is 76.5 Å². The minimum Gasteiger partial charge on any atom is -0.481 e. The van der Waals surface area contributed by atoms with Crippen molar-refractivity contribution < 1.29 is 14.1 Å². The van der Waals surface area contributed by atoms with Gasteiger partial charge in [-0.25, -0.2) is 19.3 Å². The monoisotopic (exact) mass is 588 g/mol. The first-order chi connectivity index (χ1) is 20.2. The summed E-state index contributed by atoms with van der Waals surface area (Å²) < 4.78 is 15.9. The number of hydrogen-bond donors (Lipinski definition) is 3. The molecule has 0 amide bonds. The first-order valence-electron chi connectivity index (χ1n) is 14.8. The van der Waals surface area contributed by atoms with E-state index in [0.29, 0.717) is 24.7 Å². The number of nitrogen functional groups attached to an aromatic ring is 1. The second kappa shape index (κ2) is 11.7. The zero-order valence-corrected chi connectivity index (χ0v) is 25.1. The van der Waals surface area contributed by atoms with Crippen LogP contribution in [0.25, 0.3) is 0 Å². The minimum absolute atomic E-state index is 0.0672. The molecule has 9 nitrogen and oxygen atoms in total. The van der Waals surface area contributed by atoms with Crippen molar-refractivity contribution in [1.82, 2.24) is 9.29 Å². The summed E-state index contributed by atoms with van der Waals surface area (Å²) in [6.07, 6.45) is 6.22. The third kappa shape index (κ3) is 5.63. The number of aryl methyl sites for hydroxylation is 1. The van der Waals surface area contributed by atoms with Gasteiger partial charge in [-0.2, -0.15) is 0 Å². The maximum absolute atomic E-state index is 13.9. The lowest BCUT2D eigenvalue weighted by molar-refractivity contribution is -0.137. The Labute approximate surface area is 250 Å². The van der Waals surface area contributed by atoms with E-state index in [4.69, 9.17) is 11.6 Å². The van der Waals surface area contributed by atoms with Crippen LogP contribution in [-0.4, -0.2) is 50.3 Å². The fourth-order valence-electron chi connectivity index (χ4n) is 6.49. The highest BCUT2D eigenvalue weighted by Gasteiger charge is 2.36. The van der Waals surface area contributed by atoms with Crippen LogP contribution in [0, 0.1) is 19.8 Å². The van der Waals surface area contributed by atoms with E-state index in [2.05, 4.69) is 22.9 Å². The smallest absolute Gasteiger partial charge is 0.304 e. The fourth-order valence-corrected chi connectivity index (χ4v) is 7.85. The summed E-state index contributed by atoms with van der Waals surface area (Å²) in [5.74, 6) is 6.53. The molecule has 5 N–H and O–H groups in total. The number of hydrogen-bond acceptors (Lipinski definition) is 7. The Hall–Kier alpha value is -3.47. The molecule has 6 rings (SSSR count). The van der Waals surface area contributed by atoms with Crippen LogP contribution in [-0.2, 0) is 22.3 Å². The van der Waals surface area contributed by atoms with E-state index < -0.39 is 22.9 Å². The van der Waals surface area contributed by atoms with Crippen LogP contribution in [0.3, 0.4) is 0 Å². The van der Waals surface area contributed by atoms with Crippen molar-refractivity contribution >= 4 is 34.1 Å². The predicted octanol–water partition coefficient (Wildman–Crippen LogP) is 4.48. The molecular formula is C32H40N6O3S. The molecule has 1 aliphatic carbocycles. The molecule has 42 heavy (non-hydrogen) atoms. The number of nitrogens with two attached hydrogens (primary N) is 2. The number of anilines is 3. The molecule has 2 unspecified atom stereocenters. The van der Waals surface area contributed by atoms with E-state index >= 15 is 0 Å². The molecule has 3 aliphatic rings. The molecule has 1 saturated carbocycles. The molecule has 2 fully saturated rings. The third-order valence-corrected chi connectivity index (χ3v) is 10.6. The van der Waals surface area contributed by atoms with Crippen molar-refractivity contribution in [1.29, 1.82) is 0 Å². The van der Waals surface area contributed by atoms with Gasteiger partial charge in [0.1, 0.15) is 16.8 Å². The summed E-state index contributed by atoms with van der Waals surface area (Å²) in [6.45, 7) is 6.86. The number of nitrogens with zero attached hydrogens (tertiary/aromatic N) is 4. The number of benzene rings is 2. The van der Waals surface area contributed by atoms with Gasteiger partial charge in [0.25, 0.3) is 0 Å². The summed E-state index contributed by atoms with van der Waals surface area (Å²) in [6, 6.07) is 14.1. The van der Waals surface area contributed by atoms with Crippen molar-refractivity contribution in [3.63, 3.8) is 0 Å². The molecule has 2 aromatic carbocycles. The van der Waals surface area contributed by atoms with E-state index in [1.807, 2.05) is 47.6 Å². The molecule has 1 saturated heterocycles. The van der Waals surface area contributed by atoms with Gasteiger partial charge < -0.3 is 20.7 Å².